The van der Waals surface area contributed by atoms with Crippen molar-refractivity contribution < 1.29 is 0 Å². The summed E-state index contributed by atoms with van der Waals surface area (Å²) in [4.78, 5) is 10.1. The zero-order chi connectivity index (χ0) is 32.3. The van der Waals surface area contributed by atoms with Crippen molar-refractivity contribution in [2.45, 2.75) is 6.17 Å². The first-order chi connectivity index (χ1) is 23.7. The lowest BCUT2D eigenvalue weighted by molar-refractivity contribution is 0.674. The second kappa shape index (κ2) is 12.7. The van der Waals surface area contributed by atoms with E-state index in [1.54, 1.807) is 0 Å². The average Bonchev–Trinajstić information content (AvgIpc) is 3.18. The number of fused-ring (bicyclic) bond motifs is 1. The summed E-state index contributed by atoms with van der Waals surface area (Å²) in [5.74, 6) is 1.49. The van der Waals surface area contributed by atoms with Crippen molar-refractivity contribution in [3.05, 3.63) is 192 Å². The molecule has 48 heavy (non-hydrogen) atoms. The van der Waals surface area contributed by atoms with Crippen molar-refractivity contribution in [1.29, 1.82) is 5.26 Å². The molecule has 0 aromatic heterocycles. The number of nitrogens with one attached hydrogen (secondary N) is 1. The number of rotatable bonds is 6. The Bertz CT molecular complexity index is 2330. The molecule has 1 atom stereocenters. The molecule has 8 rings (SSSR count). The summed E-state index contributed by atoms with van der Waals surface area (Å²) in [5.41, 5.74) is 10.6. The summed E-state index contributed by atoms with van der Waals surface area (Å²) in [6, 6.07) is 60.6. The highest BCUT2D eigenvalue weighted by Crippen LogP contribution is 2.36. The van der Waals surface area contributed by atoms with Gasteiger partial charge in [0.25, 0.3) is 0 Å². The summed E-state index contributed by atoms with van der Waals surface area (Å²) in [5, 5.41) is 15.2. The third-order valence-corrected chi connectivity index (χ3v) is 8.83. The highest BCUT2D eigenvalue weighted by atomic mass is 15.2. The van der Waals surface area contributed by atoms with Crippen LogP contribution >= 0.6 is 0 Å². The lowest BCUT2D eigenvalue weighted by Crippen LogP contribution is -2.33. The molecule has 0 radical (unpaired) electrons. The van der Waals surface area contributed by atoms with E-state index in [1.807, 2.05) is 48.5 Å². The Kier molecular flexibility index (Phi) is 7.62. The largest absolute Gasteiger partial charge is 0.344 e. The Morgan fingerprint density at radius 2 is 0.938 bits per heavy atom. The molecular weight excluding hydrogens is 585 g/mol. The molecule has 0 saturated heterocycles. The number of nitrogens with zero attached hydrogens (tertiary/aromatic N) is 3. The van der Waals surface area contributed by atoms with Gasteiger partial charge in [-0.05, 0) is 61.8 Å². The van der Waals surface area contributed by atoms with E-state index < -0.39 is 0 Å². The molecule has 4 nitrogen and oxygen atoms in total. The lowest BCUT2D eigenvalue weighted by atomic mass is 9.91. The van der Waals surface area contributed by atoms with Crippen LogP contribution in [0.15, 0.2) is 180 Å². The molecule has 1 aliphatic rings. The average molecular weight is 615 g/mol. The minimum absolute atomic E-state index is 0.263. The molecule has 1 aliphatic heterocycles. The van der Waals surface area contributed by atoms with Gasteiger partial charge >= 0.3 is 0 Å². The van der Waals surface area contributed by atoms with E-state index >= 15 is 0 Å². The van der Waals surface area contributed by atoms with Gasteiger partial charge in [0.15, 0.2) is 5.84 Å². The molecule has 1 N–H and O–H groups in total. The van der Waals surface area contributed by atoms with Gasteiger partial charge in [-0.3, -0.25) is 0 Å². The molecule has 0 aliphatic carbocycles. The molecule has 7 aromatic carbocycles. The van der Waals surface area contributed by atoms with Crippen LogP contribution in [0.2, 0.25) is 0 Å². The minimum atomic E-state index is -0.263. The van der Waals surface area contributed by atoms with Crippen molar-refractivity contribution in [3.63, 3.8) is 0 Å². The lowest BCUT2D eigenvalue weighted by Gasteiger charge is -2.24. The summed E-state index contributed by atoms with van der Waals surface area (Å²) in [6.45, 7) is 0. The zero-order valence-corrected chi connectivity index (χ0v) is 26.1. The predicted octanol–water partition coefficient (Wildman–Crippen LogP) is 10.2. The molecule has 1 unspecified atom stereocenters. The molecule has 0 fully saturated rings. The van der Waals surface area contributed by atoms with Gasteiger partial charge in [-0.25, -0.2) is 9.98 Å². The molecule has 0 saturated carbocycles. The van der Waals surface area contributed by atoms with Crippen LogP contribution in [0.25, 0.3) is 44.2 Å². The third-order valence-electron chi connectivity index (χ3n) is 8.83. The fraction of sp³-hybridized carbons (Fsp3) is 0.0227. The van der Waals surface area contributed by atoms with Gasteiger partial charge in [0, 0.05) is 11.1 Å². The Morgan fingerprint density at radius 3 is 1.54 bits per heavy atom. The maximum absolute atomic E-state index is 9.24. The van der Waals surface area contributed by atoms with Gasteiger partial charge < -0.3 is 5.32 Å². The van der Waals surface area contributed by atoms with Crippen molar-refractivity contribution in [3.8, 4) is 39.4 Å². The van der Waals surface area contributed by atoms with Crippen molar-refractivity contribution in [2.24, 2.45) is 9.98 Å². The van der Waals surface area contributed by atoms with Crippen LogP contribution in [0.3, 0.4) is 0 Å². The highest BCUT2D eigenvalue weighted by Gasteiger charge is 2.21. The summed E-state index contributed by atoms with van der Waals surface area (Å²) in [7, 11) is 0. The number of amidine groups is 2. The van der Waals surface area contributed by atoms with Crippen molar-refractivity contribution in [1.82, 2.24) is 5.32 Å². The first kappa shape index (κ1) is 28.9. The van der Waals surface area contributed by atoms with E-state index in [2.05, 4.69) is 133 Å². The number of hydrogen-bond acceptors (Lipinski definition) is 4. The van der Waals surface area contributed by atoms with Crippen LogP contribution in [0.4, 0.5) is 0 Å². The van der Waals surface area contributed by atoms with Gasteiger partial charge in [0.2, 0.25) is 0 Å². The molecule has 0 spiro atoms. The number of nitriles is 1. The van der Waals surface area contributed by atoms with E-state index in [-0.39, 0.29) is 6.17 Å². The van der Waals surface area contributed by atoms with Gasteiger partial charge in [-0.2, -0.15) is 5.26 Å². The van der Waals surface area contributed by atoms with Crippen LogP contribution in [-0.4, -0.2) is 11.7 Å². The monoisotopic (exact) mass is 614 g/mol. The molecule has 7 aromatic rings. The quantitative estimate of drug-likeness (QED) is 0.203. The fourth-order valence-electron chi connectivity index (χ4n) is 6.31. The topological polar surface area (TPSA) is 60.5 Å². The van der Waals surface area contributed by atoms with E-state index in [0.29, 0.717) is 11.4 Å². The molecule has 4 heteroatoms. The SMILES string of the molecule is N#Cc1ccc(-c2ccc(-c3ccc(C4=NC(c5ccc(-c6ccccc6)cc5)=NC(c5ccccc5)N4)cc3)c3ccccc23)cc1. The number of benzene rings is 7. The van der Waals surface area contributed by atoms with Crippen LogP contribution in [0.1, 0.15) is 28.4 Å². The normalized spacial score (nSPS) is 14.0. The summed E-state index contributed by atoms with van der Waals surface area (Å²) < 4.78 is 0. The zero-order valence-electron chi connectivity index (χ0n) is 26.1. The predicted molar refractivity (Wildman–Crippen MR) is 197 cm³/mol. The maximum Gasteiger partial charge on any atom is 0.159 e. The van der Waals surface area contributed by atoms with Crippen LogP contribution < -0.4 is 5.32 Å². The van der Waals surface area contributed by atoms with Gasteiger partial charge in [-0.15, -0.1) is 0 Å². The summed E-state index contributed by atoms with van der Waals surface area (Å²) in [6.07, 6.45) is -0.263. The maximum atomic E-state index is 9.24. The molecule has 0 bridgehead atoms. The molecular formula is C44H30N4. The van der Waals surface area contributed by atoms with E-state index in [9.17, 15) is 5.26 Å². The van der Waals surface area contributed by atoms with Gasteiger partial charge in [0.1, 0.15) is 12.0 Å². The van der Waals surface area contributed by atoms with Gasteiger partial charge in [0.05, 0.1) is 11.6 Å². The van der Waals surface area contributed by atoms with E-state index in [1.165, 1.54) is 16.3 Å². The second-order valence-corrected chi connectivity index (χ2v) is 11.8. The fourth-order valence-corrected chi connectivity index (χ4v) is 6.31. The molecule has 0 amide bonds. The Balaban J connectivity index is 1.14. The van der Waals surface area contributed by atoms with Crippen LogP contribution in [-0.2, 0) is 0 Å². The Morgan fingerprint density at radius 1 is 0.458 bits per heavy atom. The molecule has 1 heterocycles. The summed E-state index contributed by atoms with van der Waals surface area (Å²) >= 11 is 0. The standard InChI is InChI=1S/C44H30N4/c45-29-30-15-17-33(18-16-30)38-27-28-39(41-14-8-7-13-40(38)41)34-21-25-37(26-22-34)44-47-42(35-11-5-2-6-12-35)46-43(48-44)36-23-19-32(20-24-36)31-9-3-1-4-10-31/h1-28,42H,(H,46,47,48). The van der Waals surface area contributed by atoms with Crippen molar-refractivity contribution >= 4 is 22.4 Å². The first-order valence-corrected chi connectivity index (χ1v) is 16.0. The Labute approximate surface area is 280 Å². The van der Waals surface area contributed by atoms with Gasteiger partial charge in [-0.1, -0.05) is 158 Å². The Hall–Kier alpha value is -6.57. The van der Waals surface area contributed by atoms with Crippen molar-refractivity contribution in [2.75, 3.05) is 0 Å². The number of aliphatic imine (C=N–C) groups is 2. The van der Waals surface area contributed by atoms with Crippen LogP contribution in [0.5, 0.6) is 0 Å². The second-order valence-electron chi connectivity index (χ2n) is 11.8. The molecule has 226 valence electrons. The highest BCUT2D eigenvalue weighted by molar-refractivity contribution is 6.13. The number of hydrogen-bond donors (Lipinski definition) is 1. The smallest absolute Gasteiger partial charge is 0.159 e. The third kappa shape index (κ3) is 5.66. The first-order valence-electron chi connectivity index (χ1n) is 16.0. The van der Waals surface area contributed by atoms with Crippen LogP contribution in [0, 0.1) is 11.3 Å². The minimum Gasteiger partial charge on any atom is -0.344 e. The van der Waals surface area contributed by atoms with E-state index in [4.69, 9.17) is 9.98 Å². The van der Waals surface area contributed by atoms with E-state index in [0.717, 1.165) is 50.3 Å².